The van der Waals surface area contributed by atoms with Gasteiger partial charge in [-0.2, -0.15) is 4.98 Å². The molecule has 18 heavy (non-hydrogen) atoms. The van der Waals surface area contributed by atoms with Crippen molar-refractivity contribution in [2.75, 3.05) is 13.1 Å². The van der Waals surface area contributed by atoms with Crippen LogP contribution in [0.4, 0.5) is 0 Å². The van der Waals surface area contributed by atoms with Crippen LogP contribution in [0.3, 0.4) is 0 Å². The van der Waals surface area contributed by atoms with Crippen molar-refractivity contribution in [3.8, 4) is 0 Å². The van der Waals surface area contributed by atoms with Crippen molar-refractivity contribution in [1.82, 2.24) is 15.5 Å². The van der Waals surface area contributed by atoms with Gasteiger partial charge in [-0.3, -0.25) is 0 Å². The summed E-state index contributed by atoms with van der Waals surface area (Å²) in [5, 5.41) is 8.07. The Bertz CT molecular complexity index is 517. The summed E-state index contributed by atoms with van der Waals surface area (Å²) in [4.78, 5) is 4.46. The lowest BCUT2D eigenvalue weighted by molar-refractivity contribution is 0.355. The fraction of sp³-hybridized carbons (Fsp3) is 0.385. The molecular weight excluding hydrogens is 250 g/mol. The minimum absolute atomic E-state index is 0.372. The smallest absolute Gasteiger partial charge is 0.231 e. The van der Waals surface area contributed by atoms with Gasteiger partial charge < -0.3 is 9.84 Å². The Morgan fingerprint density at radius 2 is 2.17 bits per heavy atom. The summed E-state index contributed by atoms with van der Waals surface area (Å²) >= 11 is 5.85. The molecule has 0 radical (unpaired) electrons. The second kappa shape index (κ2) is 5.08. The van der Waals surface area contributed by atoms with Gasteiger partial charge >= 0.3 is 0 Å². The first-order valence-electron chi connectivity index (χ1n) is 6.09. The number of halogens is 1. The van der Waals surface area contributed by atoms with Crippen LogP contribution in [0.15, 0.2) is 28.8 Å². The van der Waals surface area contributed by atoms with Crippen LogP contribution in [0.2, 0.25) is 5.02 Å². The van der Waals surface area contributed by atoms with Gasteiger partial charge in [-0.1, -0.05) is 28.9 Å². The third-order valence-electron chi connectivity index (χ3n) is 3.17. The van der Waals surface area contributed by atoms with E-state index in [2.05, 4.69) is 15.5 Å². The lowest BCUT2D eigenvalue weighted by atomic mass is 10.1. The van der Waals surface area contributed by atoms with Crippen LogP contribution < -0.4 is 5.32 Å². The topological polar surface area (TPSA) is 51.0 Å². The van der Waals surface area contributed by atoms with E-state index in [-0.39, 0.29) is 0 Å². The molecule has 1 aliphatic rings. The lowest BCUT2D eigenvalue weighted by Crippen LogP contribution is -2.08. The fourth-order valence-electron chi connectivity index (χ4n) is 2.16. The van der Waals surface area contributed by atoms with E-state index in [4.69, 9.17) is 16.1 Å². The van der Waals surface area contributed by atoms with Gasteiger partial charge in [0.1, 0.15) is 0 Å². The molecule has 2 heterocycles. The minimum atomic E-state index is 0.372. The fourth-order valence-corrected chi connectivity index (χ4v) is 2.28. The summed E-state index contributed by atoms with van der Waals surface area (Å²) in [5.74, 6) is 1.86. The average molecular weight is 264 g/mol. The molecule has 0 spiro atoms. The highest BCUT2D eigenvalue weighted by Crippen LogP contribution is 2.21. The molecule has 1 saturated heterocycles. The van der Waals surface area contributed by atoms with E-state index in [1.54, 1.807) is 0 Å². The molecule has 0 saturated carbocycles. The zero-order valence-corrected chi connectivity index (χ0v) is 10.7. The normalized spacial score (nSPS) is 19.3. The Morgan fingerprint density at radius 1 is 1.33 bits per heavy atom. The first-order chi connectivity index (χ1) is 8.81. The summed E-state index contributed by atoms with van der Waals surface area (Å²) in [5.41, 5.74) is 1.14. The van der Waals surface area contributed by atoms with Crippen molar-refractivity contribution < 1.29 is 4.52 Å². The van der Waals surface area contributed by atoms with Gasteiger partial charge in [0.2, 0.25) is 5.89 Å². The van der Waals surface area contributed by atoms with Gasteiger partial charge in [0, 0.05) is 18.0 Å². The predicted octanol–water partition coefficient (Wildman–Crippen LogP) is 2.39. The van der Waals surface area contributed by atoms with Crippen LogP contribution in [0, 0.1) is 0 Å². The molecule has 1 aromatic heterocycles. The number of nitrogens with zero attached hydrogens (tertiary/aromatic N) is 2. The molecule has 5 heteroatoms. The maximum atomic E-state index is 5.85. The zero-order chi connectivity index (χ0) is 12.4. The van der Waals surface area contributed by atoms with Crippen LogP contribution in [-0.4, -0.2) is 23.2 Å². The van der Waals surface area contributed by atoms with Gasteiger partial charge in [0.15, 0.2) is 5.82 Å². The van der Waals surface area contributed by atoms with E-state index >= 15 is 0 Å². The Kier molecular flexibility index (Phi) is 3.30. The second-order valence-corrected chi connectivity index (χ2v) is 4.98. The van der Waals surface area contributed by atoms with Crippen LogP contribution >= 0.6 is 11.6 Å². The van der Waals surface area contributed by atoms with Crippen molar-refractivity contribution in [3.05, 3.63) is 46.6 Å². The highest BCUT2D eigenvalue weighted by molar-refractivity contribution is 6.30. The molecule has 0 bridgehead atoms. The van der Waals surface area contributed by atoms with E-state index in [9.17, 15) is 0 Å². The van der Waals surface area contributed by atoms with Gasteiger partial charge in [-0.05, 0) is 30.7 Å². The van der Waals surface area contributed by atoms with Gasteiger partial charge in [-0.25, -0.2) is 0 Å². The number of hydrogen-bond donors (Lipinski definition) is 1. The molecule has 1 aromatic carbocycles. The lowest BCUT2D eigenvalue weighted by Gasteiger charge is -1.99. The maximum Gasteiger partial charge on any atom is 0.231 e. The van der Waals surface area contributed by atoms with Crippen molar-refractivity contribution in [2.45, 2.75) is 18.8 Å². The third-order valence-corrected chi connectivity index (χ3v) is 3.42. The first-order valence-corrected chi connectivity index (χ1v) is 6.47. The summed E-state index contributed by atoms with van der Waals surface area (Å²) in [7, 11) is 0. The Morgan fingerprint density at radius 3 is 2.89 bits per heavy atom. The van der Waals surface area contributed by atoms with Crippen LogP contribution in [0.25, 0.3) is 0 Å². The van der Waals surface area contributed by atoms with E-state index in [1.807, 2.05) is 24.3 Å². The molecule has 3 rings (SSSR count). The number of rotatable bonds is 3. The number of hydrogen-bond acceptors (Lipinski definition) is 4. The van der Waals surface area contributed by atoms with E-state index in [0.717, 1.165) is 41.8 Å². The number of nitrogens with one attached hydrogen (secondary N) is 1. The molecule has 0 aliphatic carbocycles. The summed E-state index contributed by atoms with van der Waals surface area (Å²) in [6.45, 7) is 1.96. The van der Waals surface area contributed by atoms with Crippen LogP contribution in [0.1, 0.15) is 29.6 Å². The van der Waals surface area contributed by atoms with Crippen LogP contribution in [0.5, 0.6) is 0 Å². The Balaban J connectivity index is 1.71. The molecule has 2 aromatic rings. The molecule has 1 N–H and O–H groups in total. The summed E-state index contributed by atoms with van der Waals surface area (Å²) in [6, 6.07) is 7.71. The molecule has 1 unspecified atom stereocenters. The SMILES string of the molecule is Clc1ccc(Cc2noc(C3CCNC3)n2)cc1. The number of aromatic nitrogens is 2. The Labute approximate surface area is 110 Å². The highest BCUT2D eigenvalue weighted by atomic mass is 35.5. The second-order valence-electron chi connectivity index (χ2n) is 4.54. The Hall–Kier alpha value is -1.39. The quantitative estimate of drug-likeness (QED) is 0.924. The molecule has 1 fully saturated rings. The summed E-state index contributed by atoms with van der Waals surface area (Å²) < 4.78 is 5.32. The standard InChI is InChI=1S/C13H14ClN3O/c14-11-3-1-9(2-4-11)7-12-16-13(18-17-12)10-5-6-15-8-10/h1-4,10,15H,5-8H2. The van der Waals surface area contributed by atoms with E-state index in [0.29, 0.717) is 12.3 Å². The van der Waals surface area contributed by atoms with Gasteiger partial charge in [-0.15, -0.1) is 0 Å². The van der Waals surface area contributed by atoms with E-state index in [1.165, 1.54) is 0 Å². The van der Waals surface area contributed by atoms with Gasteiger partial charge in [0.05, 0.1) is 5.92 Å². The van der Waals surface area contributed by atoms with Crippen molar-refractivity contribution in [3.63, 3.8) is 0 Å². The molecule has 4 nitrogen and oxygen atoms in total. The maximum absolute atomic E-state index is 5.85. The van der Waals surface area contributed by atoms with Crippen LogP contribution in [-0.2, 0) is 6.42 Å². The predicted molar refractivity (Wildman–Crippen MR) is 68.8 cm³/mol. The number of benzene rings is 1. The van der Waals surface area contributed by atoms with Crippen molar-refractivity contribution in [2.24, 2.45) is 0 Å². The van der Waals surface area contributed by atoms with E-state index < -0.39 is 0 Å². The zero-order valence-electron chi connectivity index (χ0n) is 9.90. The minimum Gasteiger partial charge on any atom is -0.339 e. The average Bonchev–Trinajstić information content (AvgIpc) is 3.02. The van der Waals surface area contributed by atoms with Crippen molar-refractivity contribution in [1.29, 1.82) is 0 Å². The first kappa shape index (κ1) is 11.7. The molecule has 1 atom stereocenters. The molecule has 94 valence electrons. The molecular formula is C13H14ClN3O. The highest BCUT2D eigenvalue weighted by Gasteiger charge is 2.22. The summed E-state index contributed by atoms with van der Waals surface area (Å²) in [6.07, 6.45) is 1.75. The molecule has 0 amide bonds. The van der Waals surface area contributed by atoms with Gasteiger partial charge in [0.25, 0.3) is 0 Å². The largest absolute Gasteiger partial charge is 0.339 e. The molecule has 1 aliphatic heterocycles. The third kappa shape index (κ3) is 2.54. The van der Waals surface area contributed by atoms with Crippen molar-refractivity contribution >= 4 is 11.6 Å². The monoisotopic (exact) mass is 263 g/mol.